The van der Waals surface area contributed by atoms with Crippen molar-refractivity contribution in [3.8, 4) is 0 Å². The van der Waals surface area contributed by atoms with Crippen molar-refractivity contribution in [2.24, 2.45) is 0 Å². The van der Waals surface area contributed by atoms with Gasteiger partial charge < -0.3 is 5.32 Å². The van der Waals surface area contributed by atoms with Gasteiger partial charge >= 0.3 is 0 Å². The molecule has 1 aromatic rings. The van der Waals surface area contributed by atoms with E-state index < -0.39 is 12.5 Å². The SMILES string of the molecule is Cc1nc(CCNC(C)C(F)F)cs1. The summed E-state index contributed by atoms with van der Waals surface area (Å²) in [5.74, 6) is 0. The highest BCUT2D eigenvalue weighted by Crippen LogP contribution is 2.08. The zero-order valence-electron chi connectivity index (χ0n) is 8.26. The summed E-state index contributed by atoms with van der Waals surface area (Å²) in [6.07, 6.45) is -1.59. The van der Waals surface area contributed by atoms with E-state index in [0.29, 0.717) is 13.0 Å². The fourth-order valence-electron chi connectivity index (χ4n) is 1.04. The van der Waals surface area contributed by atoms with Crippen molar-refractivity contribution in [2.45, 2.75) is 32.7 Å². The van der Waals surface area contributed by atoms with Gasteiger partial charge in [-0.05, 0) is 13.8 Å². The number of aromatic nitrogens is 1. The molecule has 1 atom stereocenters. The molecule has 0 aromatic carbocycles. The molecule has 0 aliphatic rings. The van der Waals surface area contributed by atoms with Crippen LogP contribution in [0.25, 0.3) is 0 Å². The lowest BCUT2D eigenvalue weighted by atomic mass is 10.3. The molecule has 0 aliphatic carbocycles. The first kappa shape index (κ1) is 11.5. The number of nitrogens with zero attached hydrogens (tertiary/aromatic N) is 1. The number of hydrogen-bond donors (Lipinski definition) is 1. The Hall–Kier alpha value is -0.550. The minimum absolute atomic E-state index is 0.550. The number of halogens is 2. The molecule has 1 N–H and O–H groups in total. The van der Waals surface area contributed by atoms with Gasteiger partial charge in [0, 0.05) is 18.3 Å². The van der Waals surface area contributed by atoms with Crippen LogP contribution in [0.4, 0.5) is 8.78 Å². The molecule has 1 heterocycles. The number of alkyl halides is 2. The summed E-state index contributed by atoms with van der Waals surface area (Å²) in [4.78, 5) is 4.24. The summed E-state index contributed by atoms with van der Waals surface area (Å²) in [5, 5.41) is 5.73. The van der Waals surface area contributed by atoms with Crippen molar-refractivity contribution in [3.63, 3.8) is 0 Å². The lowest BCUT2D eigenvalue weighted by Crippen LogP contribution is -2.34. The number of aryl methyl sites for hydroxylation is 1. The van der Waals surface area contributed by atoms with Crippen LogP contribution in [0.1, 0.15) is 17.6 Å². The van der Waals surface area contributed by atoms with Crippen LogP contribution in [-0.4, -0.2) is 24.0 Å². The minimum Gasteiger partial charge on any atom is -0.309 e. The molecule has 1 rings (SSSR count). The molecule has 0 fully saturated rings. The van der Waals surface area contributed by atoms with Crippen LogP contribution in [0.15, 0.2) is 5.38 Å². The summed E-state index contributed by atoms with van der Waals surface area (Å²) < 4.78 is 24.2. The third-order valence-electron chi connectivity index (χ3n) is 1.89. The predicted octanol–water partition coefficient (Wildman–Crippen LogP) is 2.24. The van der Waals surface area contributed by atoms with Crippen LogP contribution >= 0.6 is 11.3 Å². The van der Waals surface area contributed by atoms with Crippen molar-refractivity contribution >= 4 is 11.3 Å². The van der Waals surface area contributed by atoms with E-state index in [-0.39, 0.29) is 0 Å². The number of thiazole rings is 1. The second-order valence-corrected chi connectivity index (χ2v) is 4.25. The van der Waals surface area contributed by atoms with Gasteiger partial charge in [0.15, 0.2) is 0 Å². The average Bonchev–Trinajstić information content (AvgIpc) is 2.51. The first-order valence-corrected chi connectivity index (χ1v) is 5.40. The van der Waals surface area contributed by atoms with Crippen LogP contribution in [-0.2, 0) is 6.42 Å². The lowest BCUT2D eigenvalue weighted by molar-refractivity contribution is 0.106. The molecule has 0 bridgehead atoms. The minimum atomic E-state index is -2.30. The molecule has 2 nitrogen and oxygen atoms in total. The van der Waals surface area contributed by atoms with Gasteiger partial charge in [-0.2, -0.15) is 0 Å². The highest BCUT2D eigenvalue weighted by atomic mass is 32.1. The average molecular weight is 220 g/mol. The number of nitrogens with one attached hydrogen (secondary N) is 1. The van der Waals surface area contributed by atoms with Gasteiger partial charge in [-0.15, -0.1) is 11.3 Å². The highest BCUT2D eigenvalue weighted by molar-refractivity contribution is 7.09. The molecule has 0 saturated carbocycles. The summed E-state index contributed by atoms with van der Waals surface area (Å²) in [7, 11) is 0. The van der Waals surface area contributed by atoms with E-state index in [1.165, 1.54) is 6.92 Å². The predicted molar refractivity (Wildman–Crippen MR) is 54.0 cm³/mol. The van der Waals surface area contributed by atoms with Gasteiger partial charge in [0.25, 0.3) is 6.43 Å². The summed E-state index contributed by atoms with van der Waals surface area (Å²) >= 11 is 1.58. The quantitative estimate of drug-likeness (QED) is 0.823. The molecular weight excluding hydrogens is 206 g/mol. The Morgan fingerprint density at radius 3 is 2.79 bits per heavy atom. The molecule has 1 aromatic heterocycles. The Balaban J connectivity index is 2.22. The normalized spacial score (nSPS) is 13.5. The van der Waals surface area contributed by atoms with E-state index in [2.05, 4.69) is 10.3 Å². The van der Waals surface area contributed by atoms with Gasteiger partial charge in [-0.25, -0.2) is 13.8 Å². The maximum atomic E-state index is 12.1. The van der Waals surface area contributed by atoms with E-state index in [4.69, 9.17) is 0 Å². The van der Waals surface area contributed by atoms with Crippen LogP contribution in [0.5, 0.6) is 0 Å². The van der Waals surface area contributed by atoms with Gasteiger partial charge in [0.05, 0.1) is 16.7 Å². The van der Waals surface area contributed by atoms with E-state index in [0.717, 1.165) is 10.7 Å². The zero-order chi connectivity index (χ0) is 10.6. The Morgan fingerprint density at radius 2 is 2.29 bits per heavy atom. The van der Waals surface area contributed by atoms with Crippen LogP contribution in [0.3, 0.4) is 0 Å². The summed E-state index contributed by atoms with van der Waals surface area (Å²) in [5.41, 5.74) is 0.974. The molecule has 0 amide bonds. The van der Waals surface area contributed by atoms with Crippen molar-refractivity contribution in [2.75, 3.05) is 6.54 Å². The van der Waals surface area contributed by atoms with Crippen LogP contribution in [0.2, 0.25) is 0 Å². The first-order chi connectivity index (χ1) is 6.59. The second-order valence-electron chi connectivity index (χ2n) is 3.19. The molecule has 80 valence electrons. The van der Waals surface area contributed by atoms with Crippen molar-refractivity contribution in [1.29, 1.82) is 0 Å². The third-order valence-corrected chi connectivity index (χ3v) is 2.71. The van der Waals surface area contributed by atoms with Crippen molar-refractivity contribution in [1.82, 2.24) is 10.3 Å². The van der Waals surface area contributed by atoms with Gasteiger partial charge in [-0.1, -0.05) is 0 Å². The fourth-order valence-corrected chi connectivity index (χ4v) is 1.69. The van der Waals surface area contributed by atoms with Gasteiger partial charge in [0.2, 0.25) is 0 Å². The van der Waals surface area contributed by atoms with Gasteiger partial charge in [0.1, 0.15) is 0 Å². The molecule has 5 heteroatoms. The van der Waals surface area contributed by atoms with Crippen molar-refractivity contribution < 1.29 is 8.78 Å². The maximum Gasteiger partial charge on any atom is 0.253 e. The fraction of sp³-hybridized carbons (Fsp3) is 0.667. The van der Waals surface area contributed by atoms with E-state index in [1.807, 2.05) is 12.3 Å². The third kappa shape index (κ3) is 3.67. The number of hydrogen-bond acceptors (Lipinski definition) is 3. The lowest BCUT2D eigenvalue weighted by Gasteiger charge is -2.11. The topological polar surface area (TPSA) is 24.9 Å². The summed E-state index contributed by atoms with van der Waals surface area (Å²) in [6.45, 7) is 3.97. The van der Waals surface area contributed by atoms with Crippen LogP contribution in [0, 0.1) is 6.92 Å². The number of rotatable bonds is 5. The summed E-state index contributed by atoms with van der Waals surface area (Å²) in [6, 6.07) is -0.741. The van der Waals surface area contributed by atoms with Crippen LogP contribution < -0.4 is 5.32 Å². The largest absolute Gasteiger partial charge is 0.309 e. The highest BCUT2D eigenvalue weighted by Gasteiger charge is 2.12. The maximum absolute atomic E-state index is 12.1. The smallest absolute Gasteiger partial charge is 0.253 e. The second kappa shape index (κ2) is 5.36. The molecule has 0 saturated heterocycles. The molecule has 1 unspecified atom stereocenters. The van der Waals surface area contributed by atoms with E-state index >= 15 is 0 Å². The molecular formula is C9H14F2N2S. The Morgan fingerprint density at radius 1 is 1.57 bits per heavy atom. The molecule has 14 heavy (non-hydrogen) atoms. The van der Waals surface area contributed by atoms with Crippen molar-refractivity contribution in [3.05, 3.63) is 16.1 Å². The molecule has 0 radical (unpaired) electrons. The molecule has 0 spiro atoms. The first-order valence-electron chi connectivity index (χ1n) is 4.52. The van der Waals surface area contributed by atoms with E-state index in [9.17, 15) is 8.78 Å². The van der Waals surface area contributed by atoms with E-state index in [1.54, 1.807) is 11.3 Å². The van der Waals surface area contributed by atoms with Gasteiger partial charge in [-0.3, -0.25) is 0 Å². The Kier molecular flexibility index (Phi) is 4.41. The zero-order valence-corrected chi connectivity index (χ0v) is 9.07. The monoisotopic (exact) mass is 220 g/mol. The Bertz CT molecular complexity index is 276. The standard InChI is InChI=1S/C9H14F2N2S/c1-6(9(10)11)12-4-3-8-5-14-7(2)13-8/h5-6,9,12H,3-4H2,1-2H3. The molecule has 0 aliphatic heterocycles. The Labute approximate surface area is 86.4 Å².